The molecule has 0 aliphatic heterocycles. The standard InChI is InChI=1S/C13H32O3SSi2/c1-8-14-19(15-9-2,16-13(3)4)12-10-11-17-18(5,6)7/h13H,8-12H2,1-7H3. The van der Waals surface area contributed by atoms with Crippen molar-refractivity contribution >= 4 is 27.2 Å². The Kier molecular flexibility index (Phi) is 9.91. The normalized spacial score (nSPS) is 13.3. The Labute approximate surface area is 125 Å². The van der Waals surface area contributed by atoms with Gasteiger partial charge in [0, 0.05) is 25.4 Å². The zero-order chi connectivity index (χ0) is 14.9. The number of rotatable bonds is 11. The Morgan fingerprint density at radius 1 is 1.00 bits per heavy atom. The zero-order valence-electron chi connectivity index (χ0n) is 13.7. The molecule has 0 spiro atoms. The van der Waals surface area contributed by atoms with E-state index in [4.69, 9.17) is 13.3 Å². The Morgan fingerprint density at radius 3 is 1.89 bits per heavy atom. The van der Waals surface area contributed by atoms with E-state index in [0.29, 0.717) is 13.2 Å². The summed E-state index contributed by atoms with van der Waals surface area (Å²) >= 11 is 2.12. The van der Waals surface area contributed by atoms with Crippen molar-refractivity contribution in [3.8, 4) is 0 Å². The highest BCUT2D eigenvalue weighted by molar-refractivity contribution is 8.28. The van der Waals surface area contributed by atoms with E-state index in [1.54, 1.807) is 0 Å². The summed E-state index contributed by atoms with van der Waals surface area (Å²) < 4.78 is 17.9. The molecular formula is C13H32O3SSi2. The predicted molar refractivity (Wildman–Crippen MR) is 90.5 cm³/mol. The van der Waals surface area contributed by atoms with Crippen LogP contribution in [-0.4, -0.2) is 41.1 Å². The highest BCUT2D eigenvalue weighted by Gasteiger charge is 2.41. The van der Waals surface area contributed by atoms with E-state index >= 15 is 0 Å². The molecule has 0 amide bonds. The summed E-state index contributed by atoms with van der Waals surface area (Å²) in [5.41, 5.74) is 0. The van der Waals surface area contributed by atoms with Gasteiger partial charge in [-0.25, -0.2) is 0 Å². The first-order valence-corrected chi connectivity index (χ1v) is 14.5. The molecular weight excluding hydrogens is 292 g/mol. The van der Waals surface area contributed by atoms with Crippen molar-refractivity contribution in [1.82, 2.24) is 0 Å². The van der Waals surface area contributed by atoms with Crippen LogP contribution in [0.3, 0.4) is 0 Å². The molecule has 6 heteroatoms. The molecule has 0 aliphatic rings. The van der Waals surface area contributed by atoms with Crippen LogP contribution in [0.4, 0.5) is 0 Å². The maximum absolute atomic E-state index is 6.05. The summed E-state index contributed by atoms with van der Waals surface area (Å²) in [6, 6.07) is 0.935. The minimum atomic E-state index is -2.45. The van der Waals surface area contributed by atoms with Gasteiger partial charge in [0.1, 0.15) is 7.22 Å². The molecule has 0 aromatic carbocycles. The third-order valence-corrected chi connectivity index (χ3v) is 10.1. The maximum Gasteiger partial charge on any atom is 0.501 e. The van der Waals surface area contributed by atoms with Gasteiger partial charge >= 0.3 is 8.80 Å². The summed E-state index contributed by atoms with van der Waals surface area (Å²) in [5, 5.41) is 0. The molecule has 3 nitrogen and oxygen atoms in total. The van der Waals surface area contributed by atoms with Crippen LogP contribution in [0.25, 0.3) is 0 Å². The quantitative estimate of drug-likeness (QED) is 0.416. The largest absolute Gasteiger partial charge is 0.501 e. The fourth-order valence-corrected chi connectivity index (χ4v) is 8.04. The summed E-state index contributed by atoms with van der Waals surface area (Å²) in [5.74, 6) is 1.19. The van der Waals surface area contributed by atoms with Crippen molar-refractivity contribution in [3.63, 3.8) is 0 Å². The van der Waals surface area contributed by atoms with Crippen LogP contribution in [0, 0.1) is 0 Å². The highest BCUT2D eigenvalue weighted by atomic mass is 32.4. The molecule has 0 bridgehead atoms. The summed E-state index contributed by atoms with van der Waals surface area (Å²) in [6.45, 7) is 16.6. The van der Waals surface area contributed by atoms with Gasteiger partial charge in [-0.2, -0.15) is 11.2 Å². The predicted octanol–water partition coefficient (Wildman–Crippen LogP) is 4.38. The lowest BCUT2D eigenvalue weighted by molar-refractivity contribution is 0.0442. The van der Waals surface area contributed by atoms with Crippen molar-refractivity contribution in [2.75, 3.05) is 19.0 Å². The zero-order valence-corrected chi connectivity index (χ0v) is 16.6. The molecule has 0 rings (SSSR count). The molecule has 0 unspecified atom stereocenters. The van der Waals surface area contributed by atoms with Gasteiger partial charge in [-0.15, -0.1) is 0 Å². The third kappa shape index (κ3) is 10.1. The van der Waals surface area contributed by atoms with Crippen LogP contribution in [0.15, 0.2) is 0 Å². The molecule has 0 saturated carbocycles. The molecule has 0 aliphatic carbocycles. The van der Waals surface area contributed by atoms with E-state index in [9.17, 15) is 0 Å². The van der Waals surface area contributed by atoms with E-state index in [2.05, 4.69) is 44.7 Å². The monoisotopic (exact) mass is 324 g/mol. The summed E-state index contributed by atoms with van der Waals surface area (Å²) in [4.78, 5) is 0. The van der Waals surface area contributed by atoms with E-state index in [0.717, 1.165) is 12.5 Å². The topological polar surface area (TPSA) is 27.7 Å². The molecule has 0 aromatic rings. The van der Waals surface area contributed by atoms with E-state index < -0.39 is 16.0 Å². The van der Waals surface area contributed by atoms with Gasteiger partial charge in [0.05, 0.1) is 0 Å². The van der Waals surface area contributed by atoms with Crippen molar-refractivity contribution in [2.24, 2.45) is 0 Å². The van der Waals surface area contributed by atoms with Crippen LogP contribution < -0.4 is 0 Å². The average Bonchev–Trinajstić information content (AvgIpc) is 2.23. The first-order valence-electron chi connectivity index (χ1n) is 7.34. The Morgan fingerprint density at radius 2 is 1.53 bits per heavy atom. The van der Waals surface area contributed by atoms with E-state index in [-0.39, 0.29) is 6.10 Å². The fraction of sp³-hybridized carbons (Fsp3) is 1.00. The second-order valence-corrected chi connectivity index (χ2v) is 17.9. The van der Waals surface area contributed by atoms with Crippen LogP contribution in [0.5, 0.6) is 0 Å². The Balaban J connectivity index is 4.38. The van der Waals surface area contributed by atoms with Crippen LogP contribution >= 0.6 is 11.2 Å². The van der Waals surface area contributed by atoms with Crippen molar-refractivity contribution in [2.45, 2.75) is 65.9 Å². The molecule has 0 fully saturated rings. The smallest absolute Gasteiger partial charge is 0.374 e. The van der Waals surface area contributed by atoms with Gasteiger partial charge in [-0.1, -0.05) is 19.6 Å². The lowest BCUT2D eigenvalue weighted by Gasteiger charge is -2.31. The van der Waals surface area contributed by atoms with E-state index in [1.165, 1.54) is 5.75 Å². The lowest BCUT2D eigenvalue weighted by atomic mass is 10.5. The van der Waals surface area contributed by atoms with Gasteiger partial charge in [-0.05, 0) is 39.9 Å². The van der Waals surface area contributed by atoms with Crippen LogP contribution in [0.1, 0.15) is 34.1 Å². The first-order chi connectivity index (χ1) is 8.74. The van der Waals surface area contributed by atoms with Crippen molar-refractivity contribution in [1.29, 1.82) is 0 Å². The Hall–Kier alpha value is 0.664. The number of hydrogen-bond donors (Lipinski definition) is 0. The fourth-order valence-electron chi connectivity index (χ4n) is 1.78. The molecule has 0 saturated heterocycles. The molecule has 116 valence electrons. The lowest BCUT2D eigenvalue weighted by Crippen LogP contribution is -2.47. The van der Waals surface area contributed by atoms with Crippen molar-refractivity contribution in [3.05, 3.63) is 0 Å². The molecule has 0 N–H and O–H groups in total. The van der Waals surface area contributed by atoms with Gasteiger partial charge in [0.15, 0.2) is 0 Å². The van der Waals surface area contributed by atoms with Crippen molar-refractivity contribution < 1.29 is 13.3 Å². The molecule has 0 heterocycles. The third-order valence-electron chi connectivity index (χ3n) is 2.31. The summed E-state index contributed by atoms with van der Waals surface area (Å²) in [7, 11) is -3.47. The molecule has 0 radical (unpaired) electrons. The Bertz CT molecular complexity index is 226. The SMILES string of the molecule is CCO[Si](CCCS[Si](C)(C)C)(OCC)OC(C)C. The number of hydrogen-bond acceptors (Lipinski definition) is 4. The van der Waals surface area contributed by atoms with Crippen LogP contribution in [-0.2, 0) is 13.3 Å². The minimum Gasteiger partial charge on any atom is -0.374 e. The van der Waals surface area contributed by atoms with Gasteiger partial charge < -0.3 is 13.3 Å². The highest BCUT2D eigenvalue weighted by Crippen LogP contribution is 2.25. The van der Waals surface area contributed by atoms with Gasteiger partial charge in [-0.3, -0.25) is 0 Å². The van der Waals surface area contributed by atoms with Crippen LogP contribution in [0.2, 0.25) is 25.7 Å². The summed E-state index contributed by atoms with van der Waals surface area (Å²) in [6.07, 6.45) is 1.28. The average molecular weight is 325 g/mol. The second kappa shape index (κ2) is 9.57. The second-order valence-electron chi connectivity index (χ2n) is 5.78. The molecule has 19 heavy (non-hydrogen) atoms. The maximum atomic E-state index is 6.05. The molecule has 0 aromatic heterocycles. The first kappa shape index (κ1) is 19.7. The minimum absolute atomic E-state index is 0.161. The van der Waals surface area contributed by atoms with E-state index in [1.807, 2.05) is 13.8 Å². The molecule has 0 atom stereocenters. The van der Waals surface area contributed by atoms with Gasteiger partial charge in [0.25, 0.3) is 0 Å². The van der Waals surface area contributed by atoms with Gasteiger partial charge in [0.2, 0.25) is 0 Å².